The van der Waals surface area contributed by atoms with E-state index < -0.39 is 23.4 Å². The molecule has 3 fully saturated rings. The van der Waals surface area contributed by atoms with E-state index in [0.717, 1.165) is 67.7 Å². The molecule has 7 rings (SSSR count). The standard InChI is InChI=1S/C27H30ClF2N7O/c1-34(2)25(38)27(5-6-27)36-12-16-7-18(28)3-4-21(16)37-22(13-36)32-33-23(37)17-9-26(10-17)14-35(15-26)24-20(30)8-19(29)11-31-24/h3-4,7-8,11,17,24,31H,5-6,9-10,12-15H2,1-2H3. The van der Waals surface area contributed by atoms with Gasteiger partial charge >= 0.3 is 0 Å². The maximum atomic E-state index is 14.3. The van der Waals surface area contributed by atoms with Crippen molar-refractivity contribution in [3.8, 4) is 5.69 Å². The van der Waals surface area contributed by atoms with Gasteiger partial charge in [0, 0.05) is 56.9 Å². The zero-order chi connectivity index (χ0) is 26.4. The average Bonchev–Trinajstić information content (AvgIpc) is 3.56. The molecular weight excluding hydrogens is 512 g/mol. The first-order chi connectivity index (χ1) is 18.2. The molecule has 200 valence electrons. The highest BCUT2D eigenvalue weighted by atomic mass is 35.5. The van der Waals surface area contributed by atoms with E-state index in [2.05, 4.69) is 25.0 Å². The summed E-state index contributed by atoms with van der Waals surface area (Å²) in [5.74, 6) is 1.06. The van der Waals surface area contributed by atoms with E-state index in [-0.39, 0.29) is 17.2 Å². The van der Waals surface area contributed by atoms with Crippen LogP contribution >= 0.6 is 11.6 Å². The van der Waals surface area contributed by atoms with Crippen molar-refractivity contribution in [3.63, 3.8) is 0 Å². The van der Waals surface area contributed by atoms with Crippen molar-refractivity contribution in [1.29, 1.82) is 0 Å². The number of fused-ring (bicyclic) bond motifs is 3. The number of likely N-dealkylation sites (N-methyl/N-ethyl adjacent to an activating group) is 1. The molecule has 38 heavy (non-hydrogen) atoms. The van der Waals surface area contributed by atoms with Crippen molar-refractivity contribution in [2.45, 2.75) is 56.4 Å². The van der Waals surface area contributed by atoms with Crippen LogP contribution in [0.4, 0.5) is 8.78 Å². The first kappa shape index (κ1) is 24.2. The number of carbonyl (C=O) groups is 1. The van der Waals surface area contributed by atoms with Crippen molar-refractivity contribution >= 4 is 17.5 Å². The van der Waals surface area contributed by atoms with Gasteiger partial charge in [-0.25, -0.2) is 8.78 Å². The molecule has 11 heteroatoms. The molecule has 4 heterocycles. The SMILES string of the molecule is CN(C)C(=O)C1(N2Cc3cc(Cl)ccc3-n3c(nnc3C3CC4(C3)CN(C3NC=C(F)C=C3F)C4)C2)CC1. The smallest absolute Gasteiger partial charge is 0.242 e. The zero-order valence-electron chi connectivity index (χ0n) is 21.4. The molecule has 3 aliphatic heterocycles. The molecule has 2 saturated carbocycles. The number of benzene rings is 1. The maximum absolute atomic E-state index is 14.3. The van der Waals surface area contributed by atoms with Gasteiger partial charge in [0.1, 0.15) is 29.2 Å². The van der Waals surface area contributed by atoms with E-state index in [1.165, 1.54) is 6.20 Å². The number of halogens is 3. The number of rotatable bonds is 4. The van der Waals surface area contributed by atoms with Crippen LogP contribution in [0.1, 0.15) is 48.8 Å². The summed E-state index contributed by atoms with van der Waals surface area (Å²) in [4.78, 5) is 19.1. The lowest BCUT2D eigenvalue weighted by atomic mass is 9.57. The minimum absolute atomic E-state index is 0.120. The van der Waals surface area contributed by atoms with Gasteiger partial charge in [-0.1, -0.05) is 11.6 Å². The topological polar surface area (TPSA) is 69.5 Å². The summed E-state index contributed by atoms with van der Waals surface area (Å²) >= 11 is 6.42. The van der Waals surface area contributed by atoms with Crippen LogP contribution in [0.5, 0.6) is 0 Å². The number of nitrogens with one attached hydrogen (secondary N) is 1. The molecule has 1 aromatic carbocycles. The van der Waals surface area contributed by atoms with Crippen molar-refractivity contribution in [3.05, 3.63) is 64.4 Å². The van der Waals surface area contributed by atoms with Crippen LogP contribution < -0.4 is 5.32 Å². The highest BCUT2D eigenvalue weighted by Crippen LogP contribution is 2.57. The van der Waals surface area contributed by atoms with E-state index in [1.807, 2.05) is 37.2 Å². The van der Waals surface area contributed by atoms with E-state index in [4.69, 9.17) is 11.6 Å². The summed E-state index contributed by atoms with van der Waals surface area (Å²) in [6, 6.07) is 5.91. The lowest BCUT2D eigenvalue weighted by Gasteiger charge is -2.60. The summed E-state index contributed by atoms with van der Waals surface area (Å²) in [7, 11) is 3.62. The van der Waals surface area contributed by atoms with Crippen LogP contribution in [0.3, 0.4) is 0 Å². The van der Waals surface area contributed by atoms with E-state index >= 15 is 0 Å². The van der Waals surface area contributed by atoms with Crippen molar-refractivity contribution in [1.82, 2.24) is 34.8 Å². The second-order valence-corrected chi connectivity index (χ2v) is 12.2. The minimum atomic E-state index is -0.594. The van der Waals surface area contributed by atoms with Crippen LogP contribution in [0.15, 0.2) is 42.1 Å². The zero-order valence-corrected chi connectivity index (χ0v) is 22.2. The first-order valence-electron chi connectivity index (χ1n) is 13.1. The number of allylic oxidation sites excluding steroid dienone is 2. The lowest BCUT2D eigenvalue weighted by molar-refractivity contribution is -0.136. The Morgan fingerprint density at radius 3 is 2.61 bits per heavy atom. The van der Waals surface area contributed by atoms with Crippen molar-refractivity contribution in [2.75, 3.05) is 27.2 Å². The van der Waals surface area contributed by atoms with Gasteiger partial charge in [-0.2, -0.15) is 0 Å². The molecule has 1 atom stereocenters. The Balaban J connectivity index is 1.13. The number of likely N-dealkylation sites (tertiary alicyclic amines) is 1. The van der Waals surface area contributed by atoms with Crippen molar-refractivity contribution in [2.24, 2.45) is 5.41 Å². The van der Waals surface area contributed by atoms with Crippen molar-refractivity contribution < 1.29 is 13.6 Å². The van der Waals surface area contributed by atoms with Crippen LogP contribution in [0.2, 0.25) is 5.02 Å². The van der Waals surface area contributed by atoms with Crippen LogP contribution in [-0.4, -0.2) is 74.3 Å². The van der Waals surface area contributed by atoms with Gasteiger partial charge in [0.25, 0.3) is 0 Å². The fourth-order valence-electron chi connectivity index (χ4n) is 6.99. The summed E-state index contributed by atoms with van der Waals surface area (Å²) in [6.45, 7) is 2.67. The van der Waals surface area contributed by atoms with Crippen LogP contribution in [0, 0.1) is 5.41 Å². The number of nitrogens with zero attached hydrogens (tertiary/aromatic N) is 6. The Kier molecular flexibility index (Phi) is 5.32. The summed E-state index contributed by atoms with van der Waals surface area (Å²) in [5.41, 5.74) is 1.69. The highest BCUT2D eigenvalue weighted by Gasteiger charge is 2.57. The van der Waals surface area contributed by atoms with Gasteiger partial charge < -0.3 is 10.2 Å². The molecule has 0 bridgehead atoms. The minimum Gasteiger partial charge on any atom is -0.368 e. The number of aromatic nitrogens is 3. The van der Waals surface area contributed by atoms with Crippen LogP contribution in [-0.2, 0) is 17.9 Å². The van der Waals surface area contributed by atoms with Gasteiger partial charge in [0.15, 0.2) is 5.82 Å². The Hall–Kier alpha value is -2.82. The first-order valence-corrected chi connectivity index (χ1v) is 13.5. The highest BCUT2D eigenvalue weighted by molar-refractivity contribution is 6.30. The molecule has 1 unspecified atom stereocenters. The summed E-state index contributed by atoms with van der Waals surface area (Å²) in [5, 5.41) is 12.8. The second kappa shape index (κ2) is 8.34. The molecule has 2 aliphatic carbocycles. The molecule has 1 spiro atoms. The number of amides is 1. The van der Waals surface area contributed by atoms with Gasteiger partial charge in [0.2, 0.25) is 5.91 Å². The third-order valence-corrected chi connectivity index (χ3v) is 9.18. The molecule has 1 aromatic heterocycles. The van der Waals surface area contributed by atoms with Gasteiger partial charge in [-0.05, 0) is 54.9 Å². The predicted molar refractivity (Wildman–Crippen MR) is 138 cm³/mol. The Labute approximate surface area is 224 Å². The van der Waals surface area contributed by atoms with Crippen LogP contribution in [0.25, 0.3) is 5.69 Å². The molecular formula is C27H30ClF2N7O. The summed E-state index contributed by atoms with van der Waals surface area (Å²) < 4.78 is 29.8. The van der Waals surface area contributed by atoms with E-state index in [1.54, 1.807) is 4.90 Å². The Morgan fingerprint density at radius 2 is 1.92 bits per heavy atom. The van der Waals surface area contributed by atoms with E-state index in [0.29, 0.717) is 18.1 Å². The Morgan fingerprint density at radius 1 is 1.16 bits per heavy atom. The largest absolute Gasteiger partial charge is 0.368 e. The molecule has 5 aliphatic rings. The molecule has 1 amide bonds. The molecule has 1 N–H and O–H groups in total. The molecule has 0 radical (unpaired) electrons. The third-order valence-electron chi connectivity index (χ3n) is 8.95. The number of hydrogen-bond donors (Lipinski definition) is 1. The summed E-state index contributed by atoms with van der Waals surface area (Å²) in [6.07, 6.45) is 5.13. The molecule has 1 saturated heterocycles. The normalized spacial score (nSPS) is 25.7. The quantitative estimate of drug-likeness (QED) is 0.637. The molecule has 2 aromatic rings. The average molecular weight is 542 g/mol. The number of hydrogen-bond acceptors (Lipinski definition) is 6. The van der Waals surface area contributed by atoms with Gasteiger partial charge in [0.05, 0.1) is 12.2 Å². The third kappa shape index (κ3) is 3.64. The predicted octanol–water partition coefficient (Wildman–Crippen LogP) is 3.63. The maximum Gasteiger partial charge on any atom is 0.242 e. The fourth-order valence-corrected chi connectivity index (χ4v) is 7.18. The fraction of sp³-hybridized carbons (Fsp3) is 0.519. The number of carbonyl (C=O) groups excluding carboxylic acids is 1. The van der Waals surface area contributed by atoms with Gasteiger partial charge in [-0.15, -0.1) is 10.2 Å². The number of dihydropyridines is 1. The van der Waals surface area contributed by atoms with E-state index in [9.17, 15) is 13.6 Å². The second-order valence-electron chi connectivity index (χ2n) is 11.8. The monoisotopic (exact) mass is 541 g/mol. The molecule has 8 nitrogen and oxygen atoms in total. The Bertz CT molecular complexity index is 1380. The lowest BCUT2D eigenvalue weighted by Crippen LogP contribution is -2.66. The van der Waals surface area contributed by atoms with Gasteiger partial charge in [-0.3, -0.25) is 19.2 Å².